The van der Waals surface area contributed by atoms with Crippen molar-refractivity contribution < 1.29 is 18.3 Å². The Morgan fingerprint density at radius 1 is 1.27 bits per heavy atom. The lowest BCUT2D eigenvalue weighted by atomic mass is 10.2. The summed E-state index contributed by atoms with van der Waals surface area (Å²) >= 11 is 0. The van der Waals surface area contributed by atoms with Crippen molar-refractivity contribution in [2.75, 3.05) is 6.61 Å². The van der Waals surface area contributed by atoms with Crippen LogP contribution in [-0.4, -0.2) is 12.9 Å². The molecule has 0 saturated carbocycles. The molecular formula is C11H12F2O2. The van der Waals surface area contributed by atoms with Crippen LogP contribution in [0.3, 0.4) is 0 Å². The van der Waals surface area contributed by atoms with Gasteiger partial charge in [0.1, 0.15) is 5.82 Å². The highest BCUT2D eigenvalue weighted by Crippen LogP contribution is 2.22. The SMILES string of the molecule is Fc1ccc(OC2CCCCO2)c(F)c1. The lowest BCUT2D eigenvalue weighted by Gasteiger charge is -2.23. The molecule has 0 aliphatic carbocycles. The molecular weight excluding hydrogens is 202 g/mol. The second-order valence-corrected chi connectivity index (χ2v) is 3.49. The topological polar surface area (TPSA) is 18.5 Å². The largest absolute Gasteiger partial charge is 0.462 e. The Morgan fingerprint density at radius 2 is 2.13 bits per heavy atom. The van der Waals surface area contributed by atoms with Gasteiger partial charge in [0.15, 0.2) is 17.9 Å². The molecule has 1 unspecified atom stereocenters. The van der Waals surface area contributed by atoms with Gasteiger partial charge in [-0.15, -0.1) is 0 Å². The maximum absolute atomic E-state index is 13.2. The van der Waals surface area contributed by atoms with Crippen LogP contribution in [0.4, 0.5) is 8.78 Å². The van der Waals surface area contributed by atoms with E-state index in [1.807, 2.05) is 0 Å². The first-order chi connectivity index (χ1) is 7.25. The van der Waals surface area contributed by atoms with Gasteiger partial charge >= 0.3 is 0 Å². The van der Waals surface area contributed by atoms with Gasteiger partial charge in [-0.1, -0.05) is 0 Å². The van der Waals surface area contributed by atoms with Crippen LogP contribution in [-0.2, 0) is 4.74 Å². The molecule has 15 heavy (non-hydrogen) atoms. The summed E-state index contributed by atoms with van der Waals surface area (Å²) in [6.45, 7) is 0.632. The summed E-state index contributed by atoms with van der Waals surface area (Å²) in [6.07, 6.45) is 2.36. The van der Waals surface area contributed by atoms with Crippen LogP contribution in [0.2, 0.25) is 0 Å². The predicted octanol–water partition coefficient (Wildman–Crippen LogP) is 2.87. The highest BCUT2D eigenvalue weighted by molar-refractivity contribution is 5.24. The quantitative estimate of drug-likeness (QED) is 0.753. The summed E-state index contributed by atoms with van der Waals surface area (Å²) < 4.78 is 36.3. The monoisotopic (exact) mass is 214 g/mol. The van der Waals surface area contributed by atoms with Gasteiger partial charge in [0, 0.05) is 12.5 Å². The lowest BCUT2D eigenvalue weighted by molar-refractivity contribution is -0.107. The van der Waals surface area contributed by atoms with Gasteiger partial charge in [0.25, 0.3) is 0 Å². The van der Waals surface area contributed by atoms with Crippen molar-refractivity contribution in [1.82, 2.24) is 0 Å². The van der Waals surface area contributed by atoms with E-state index in [1.54, 1.807) is 0 Å². The number of rotatable bonds is 2. The molecule has 2 rings (SSSR count). The van der Waals surface area contributed by atoms with E-state index in [2.05, 4.69) is 0 Å². The summed E-state index contributed by atoms with van der Waals surface area (Å²) in [7, 11) is 0. The molecule has 0 spiro atoms. The average Bonchev–Trinajstić information content (AvgIpc) is 2.24. The zero-order valence-electron chi connectivity index (χ0n) is 8.21. The van der Waals surface area contributed by atoms with E-state index in [0.717, 1.165) is 25.3 Å². The molecule has 1 saturated heterocycles. The summed E-state index contributed by atoms with van der Waals surface area (Å²) in [6, 6.07) is 3.25. The molecule has 0 radical (unpaired) electrons. The third-order valence-electron chi connectivity index (χ3n) is 2.29. The molecule has 0 bridgehead atoms. The van der Waals surface area contributed by atoms with Crippen LogP contribution in [0, 0.1) is 11.6 Å². The molecule has 1 heterocycles. The highest BCUT2D eigenvalue weighted by atomic mass is 19.1. The molecule has 0 amide bonds. The second kappa shape index (κ2) is 4.57. The number of halogens is 2. The van der Waals surface area contributed by atoms with Crippen molar-refractivity contribution in [1.29, 1.82) is 0 Å². The first-order valence-corrected chi connectivity index (χ1v) is 4.99. The predicted molar refractivity (Wildman–Crippen MR) is 50.6 cm³/mol. The maximum Gasteiger partial charge on any atom is 0.199 e. The molecule has 2 nitrogen and oxygen atoms in total. The second-order valence-electron chi connectivity index (χ2n) is 3.49. The molecule has 0 aromatic heterocycles. The van der Waals surface area contributed by atoms with Crippen LogP contribution >= 0.6 is 0 Å². The molecule has 1 atom stereocenters. The van der Waals surface area contributed by atoms with E-state index in [0.29, 0.717) is 6.61 Å². The molecule has 1 aromatic rings. The summed E-state index contributed by atoms with van der Waals surface area (Å²) in [5.74, 6) is -1.25. The lowest BCUT2D eigenvalue weighted by Crippen LogP contribution is -2.25. The minimum absolute atomic E-state index is 0.0447. The standard InChI is InChI=1S/C11H12F2O2/c12-8-4-5-10(9(13)7-8)15-11-3-1-2-6-14-11/h4-5,7,11H,1-3,6H2. The van der Waals surface area contributed by atoms with E-state index in [4.69, 9.17) is 9.47 Å². The van der Waals surface area contributed by atoms with Crippen LogP contribution in [0.5, 0.6) is 5.75 Å². The fourth-order valence-electron chi connectivity index (χ4n) is 1.52. The first-order valence-electron chi connectivity index (χ1n) is 4.99. The molecule has 82 valence electrons. The molecule has 1 aliphatic rings. The third-order valence-corrected chi connectivity index (χ3v) is 2.29. The number of benzene rings is 1. The smallest absolute Gasteiger partial charge is 0.199 e. The summed E-state index contributed by atoms with van der Waals surface area (Å²) in [4.78, 5) is 0. The van der Waals surface area contributed by atoms with Gasteiger partial charge in [-0.2, -0.15) is 0 Å². The van der Waals surface area contributed by atoms with E-state index in [-0.39, 0.29) is 5.75 Å². The number of hydrogen-bond donors (Lipinski definition) is 0. The Kier molecular flexibility index (Phi) is 3.16. The molecule has 1 fully saturated rings. The number of ether oxygens (including phenoxy) is 2. The third kappa shape index (κ3) is 2.65. The zero-order chi connectivity index (χ0) is 10.7. The maximum atomic E-state index is 13.2. The first kappa shape index (κ1) is 10.4. The molecule has 1 aliphatic heterocycles. The Labute approximate surface area is 86.8 Å². The van der Waals surface area contributed by atoms with Crippen molar-refractivity contribution in [3.8, 4) is 5.75 Å². The fraction of sp³-hybridized carbons (Fsp3) is 0.455. The van der Waals surface area contributed by atoms with Gasteiger partial charge in [-0.3, -0.25) is 0 Å². The van der Waals surface area contributed by atoms with Crippen molar-refractivity contribution in [3.63, 3.8) is 0 Å². The van der Waals surface area contributed by atoms with Crippen molar-refractivity contribution >= 4 is 0 Å². The average molecular weight is 214 g/mol. The summed E-state index contributed by atoms with van der Waals surface area (Å²) in [5.41, 5.74) is 0. The van der Waals surface area contributed by atoms with Gasteiger partial charge in [0.2, 0.25) is 0 Å². The Hall–Kier alpha value is -1.16. The van der Waals surface area contributed by atoms with Crippen LogP contribution in [0.25, 0.3) is 0 Å². The Bertz CT molecular complexity index is 335. The van der Waals surface area contributed by atoms with Gasteiger partial charge in [-0.25, -0.2) is 8.78 Å². The van der Waals surface area contributed by atoms with E-state index < -0.39 is 17.9 Å². The van der Waals surface area contributed by atoms with Gasteiger partial charge in [-0.05, 0) is 25.0 Å². The number of hydrogen-bond acceptors (Lipinski definition) is 2. The highest BCUT2D eigenvalue weighted by Gasteiger charge is 2.17. The van der Waals surface area contributed by atoms with Crippen LogP contribution in [0.15, 0.2) is 18.2 Å². The minimum atomic E-state index is -0.691. The molecule has 0 N–H and O–H groups in total. The fourth-order valence-corrected chi connectivity index (χ4v) is 1.52. The van der Waals surface area contributed by atoms with E-state index in [9.17, 15) is 8.78 Å². The van der Waals surface area contributed by atoms with Gasteiger partial charge < -0.3 is 9.47 Å². The van der Waals surface area contributed by atoms with Crippen LogP contribution in [0.1, 0.15) is 19.3 Å². The van der Waals surface area contributed by atoms with Crippen molar-refractivity contribution in [2.24, 2.45) is 0 Å². The minimum Gasteiger partial charge on any atom is -0.462 e. The Balaban J connectivity index is 2.03. The van der Waals surface area contributed by atoms with Crippen molar-refractivity contribution in [3.05, 3.63) is 29.8 Å². The Morgan fingerprint density at radius 3 is 2.80 bits per heavy atom. The molecule has 4 heteroatoms. The van der Waals surface area contributed by atoms with Crippen molar-refractivity contribution in [2.45, 2.75) is 25.6 Å². The van der Waals surface area contributed by atoms with Crippen LogP contribution < -0.4 is 4.74 Å². The zero-order valence-corrected chi connectivity index (χ0v) is 8.21. The normalized spacial score (nSPS) is 21.3. The van der Waals surface area contributed by atoms with E-state index >= 15 is 0 Å². The molecule has 1 aromatic carbocycles. The summed E-state index contributed by atoms with van der Waals surface area (Å²) in [5, 5.41) is 0. The van der Waals surface area contributed by atoms with Gasteiger partial charge in [0.05, 0.1) is 6.61 Å². The van der Waals surface area contributed by atoms with E-state index in [1.165, 1.54) is 12.1 Å².